The first-order valence-electron chi connectivity index (χ1n) is 6.98. The summed E-state index contributed by atoms with van der Waals surface area (Å²) in [6.45, 7) is 0.797. The van der Waals surface area contributed by atoms with Crippen LogP contribution in [0.15, 0.2) is 61.2 Å². The molecule has 2 heterocycles. The average molecular weight is 400 g/mol. The Hall–Kier alpha value is -2.05. The van der Waals surface area contributed by atoms with Gasteiger partial charge in [-0.15, -0.1) is 24.8 Å². The molecule has 0 amide bonds. The first-order valence-corrected chi connectivity index (χ1v) is 7.36. The van der Waals surface area contributed by atoms with Crippen molar-refractivity contribution in [3.05, 3.63) is 71.8 Å². The minimum Gasteiger partial charge on any atom is -0.412 e. The van der Waals surface area contributed by atoms with Crippen molar-refractivity contribution in [1.29, 1.82) is 0 Å². The van der Waals surface area contributed by atoms with Gasteiger partial charge in [0.15, 0.2) is 0 Å². The van der Waals surface area contributed by atoms with E-state index in [1.165, 1.54) is 5.56 Å². The molecule has 4 rings (SSSR count). The summed E-state index contributed by atoms with van der Waals surface area (Å²) in [5.41, 5.74) is 4.22. The molecule has 2 aromatic heterocycles. The van der Waals surface area contributed by atoms with Crippen LogP contribution in [0.3, 0.4) is 0 Å². The molecule has 0 aliphatic rings. The predicted octanol–water partition coefficient (Wildman–Crippen LogP) is 4.15. The Labute approximate surface area is 162 Å². The Bertz CT molecular complexity index is 921. The second-order valence-corrected chi connectivity index (χ2v) is 5.62. The van der Waals surface area contributed by atoms with Crippen molar-refractivity contribution in [2.75, 3.05) is 0 Å². The molecule has 3 N–H and O–H groups in total. The summed E-state index contributed by atoms with van der Waals surface area (Å²) in [6.07, 6.45) is 5.56. The van der Waals surface area contributed by atoms with E-state index in [1.54, 1.807) is 6.20 Å². The van der Waals surface area contributed by atoms with Crippen molar-refractivity contribution in [2.45, 2.75) is 6.54 Å². The third kappa shape index (κ3) is 4.52. The van der Waals surface area contributed by atoms with Crippen molar-refractivity contribution in [2.24, 2.45) is 0 Å². The van der Waals surface area contributed by atoms with Gasteiger partial charge >= 0.3 is 0 Å². The van der Waals surface area contributed by atoms with Gasteiger partial charge in [-0.25, -0.2) is 9.97 Å². The number of aromatic amines is 1. The lowest BCUT2D eigenvalue weighted by Gasteiger charge is -2.01. The van der Waals surface area contributed by atoms with Gasteiger partial charge in [-0.2, -0.15) is 0 Å². The highest BCUT2D eigenvalue weighted by Crippen LogP contribution is 2.23. The van der Waals surface area contributed by atoms with Gasteiger partial charge in [-0.05, 0) is 42.0 Å². The maximum Gasteiger partial charge on any atom is 0.138 e. The summed E-state index contributed by atoms with van der Waals surface area (Å²) >= 11 is 5.93. The topological polar surface area (TPSA) is 78.0 Å². The molecule has 0 bridgehead atoms. The zero-order valence-corrected chi connectivity index (χ0v) is 15.4. The Kier molecular flexibility index (Phi) is 7.45. The van der Waals surface area contributed by atoms with E-state index in [4.69, 9.17) is 11.6 Å². The van der Waals surface area contributed by atoms with Gasteiger partial charge in [0.25, 0.3) is 0 Å². The number of halogens is 3. The van der Waals surface area contributed by atoms with Gasteiger partial charge in [0.1, 0.15) is 5.82 Å². The molecule has 8 heteroatoms. The van der Waals surface area contributed by atoms with Crippen molar-refractivity contribution in [1.82, 2.24) is 19.5 Å². The van der Waals surface area contributed by atoms with Gasteiger partial charge in [-0.1, -0.05) is 17.7 Å². The molecule has 0 radical (unpaired) electrons. The molecule has 0 spiro atoms. The number of hydrogen-bond acceptors (Lipinski definition) is 2. The molecule has 0 aliphatic heterocycles. The maximum absolute atomic E-state index is 5.93. The second-order valence-electron chi connectivity index (χ2n) is 5.18. The Morgan fingerprint density at radius 1 is 1.04 bits per heavy atom. The van der Waals surface area contributed by atoms with Gasteiger partial charge in [-0.3, -0.25) is 0 Å². The molecule has 0 saturated heterocycles. The number of imidazole rings is 2. The molecular formula is C17H17Cl3N4O. The number of rotatable bonds is 3. The van der Waals surface area contributed by atoms with E-state index in [-0.39, 0.29) is 30.3 Å². The van der Waals surface area contributed by atoms with E-state index in [9.17, 15) is 0 Å². The molecule has 132 valence electrons. The molecule has 5 nitrogen and oxygen atoms in total. The van der Waals surface area contributed by atoms with E-state index in [2.05, 4.69) is 27.1 Å². The molecule has 25 heavy (non-hydrogen) atoms. The van der Waals surface area contributed by atoms with Gasteiger partial charge in [0.05, 0.1) is 17.4 Å². The van der Waals surface area contributed by atoms with E-state index in [0.717, 1.165) is 34.0 Å². The lowest BCUT2D eigenvalue weighted by molar-refractivity contribution is 0.798. The van der Waals surface area contributed by atoms with Crippen molar-refractivity contribution < 1.29 is 5.48 Å². The molecule has 0 fully saturated rings. The Morgan fingerprint density at radius 2 is 1.80 bits per heavy atom. The Balaban J connectivity index is 0.00000104. The zero-order chi connectivity index (χ0) is 14.9. The summed E-state index contributed by atoms with van der Waals surface area (Å²) in [4.78, 5) is 12.1. The van der Waals surface area contributed by atoms with Crippen LogP contribution in [0.1, 0.15) is 5.56 Å². The fourth-order valence-electron chi connectivity index (χ4n) is 2.49. The van der Waals surface area contributed by atoms with E-state index >= 15 is 0 Å². The number of fused-ring (bicyclic) bond motifs is 1. The summed E-state index contributed by atoms with van der Waals surface area (Å²) < 4.78 is 2.04. The largest absolute Gasteiger partial charge is 0.412 e. The van der Waals surface area contributed by atoms with E-state index < -0.39 is 0 Å². The van der Waals surface area contributed by atoms with Crippen LogP contribution in [0.5, 0.6) is 0 Å². The number of nitrogens with zero attached hydrogens (tertiary/aromatic N) is 3. The third-order valence-electron chi connectivity index (χ3n) is 3.59. The highest BCUT2D eigenvalue weighted by Gasteiger charge is 2.06. The molecule has 4 aromatic rings. The van der Waals surface area contributed by atoms with Crippen molar-refractivity contribution in [3.63, 3.8) is 0 Å². The van der Waals surface area contributed by atoms with Crippen LogP contribution in [-0.2, 0) is 6.54 Å². The molecule has 0 atom stereocenters. The fraction of sp³-hybridized carbons (Fsp3) is 0.0588. The second kappa shape index (κ2) is 8.87. The lowest BCUT2D eigenvalue weighted by atomic mass is 10.2. The molecule has 2 aromatic carbocycles. The van der Waals surface area contributed by atoms with Crippen LogP contribution < -0.4 is 0 Å². The number of hydrogen-bond donors (Lipinski definition) is 1. The first-order chi connectivity index (χ1) is 10.8. The maximum atomic E-state index is 5.93. The minimum absolute atomic E-state index is 0. The summed E-state index contributed by atoms with van der Waals surface area (Å²) in [5.74, 6) is 0.853. The predicted molar refractivity (Wildman–Crippen MR) is 106 cm³/mol. The summed E-state index contributed by atoms with van der Waals surface area (Å²) in [7, 11) is 0. The Morgan fingerprint density at radius 3 is 2.48 bits per heavy atom. The summed E-state index contributed by atoms with van der Waals surface area (Å²) in [6, 6.07) is 13.9. The molecular weight excluding hydrogens is 383 g/mol. The van der Waals surface area contributed by atoms with Crippen LogP contribution in [0.4, 0.5) is 0 Å². The zero-order valence-electron chi connectivity index (χ0n) is 13.0. The van der Waals surface area contributed by atoms with Crippen LogP contribution in [0.2, 0.25) is 5.02 Å². The normalized spacial score (nSPS) is 9.80. The van der Waals surface area contributed by atoms with Gasteiger partial charge < -0.3 is 15.0 Å². The van der Waals surface area contributed by atoms with Gasteiger partial charge in [0, 0.05) is 29.5 Å². The van der Waals surface area contributed by atoms with Crippen LogP contribution in [0.25, 0.3) is 22.4 Å². The van der Waals surface area contributed by atoms with Crippen molar-refractivity contribution in [3.8, 4) is 11.4 Å². The standard InChI is InChI=1S/C17H13ClN4.2ClH.H2O/c18-14-4-2-13(3-5-14)17-20-15-6-1-12(9-16(15)21-17)10-22-8-7-19-11-22;;;/h1-9,11H,10H2,(H,20,21);2*1H;1H2. The highest BCUT2D eigenvalue weighted by molar-refractivity contribution is 6.30. The van der Waals surface area contributed by atoms with Crippen LogP contribution >= 0.6 is 36.4 Å². The summed E-state index contributed by atoms with van der Waals surface area (Å²) in [5, 5.41) is 0.725. The monoisotopic (exact) mass is 398 g/mol. The third-order valence-corrected chi connectivity index (χ3v) is 3.84. The number of benzene rings is 2. The van der Waals surface area contributed by atoms with E-state index in [0.29, 0.717) is 0 Å². The van der Waals surface area contributed by atoms with Gasteiger partial charge in [0.2, 0.25) is 0 Å². The van der Waals surface area contributed by atoms with Crippen LogP contribution in [0, 0.1) is 0 Å². The van der Waals surface area contributed by atoms with Crippen LogP contribution in [-0.4, -0.2) is 25.0 Å². The first kappa shape index (κ1) is 21.0. The molecule has 0 unspecified atom stereocenters. The van der Waals surface area contributed by atoms with Crippen molar-refractivity contribution >= 4 is 47.4 Å². The fourth-order valence-corrected chi connectivity index (χ4v) is 2.62. The SMILES string of the molecule is Cl.Cl.Clc1ccc(-c2nc3ccc(Cn4ccnc4)cc3[nH]2)cc1.O. The highest BCUT2D eigenvalue weighted by atomic mass is 35.5. The smallest absolute Gasteiger partial charge is 0.138 e. The quantitative estimate of drug-likeness (QED) is 0.562. The number of aromatic nitrogens is 4. The average Bonchev–Trinajstić information content (AvgIpc) is 3.17. The number of nitrogens with one attached hydrogen (secondary N) is 1. The minimum atomic E-state index is 0. The lowest BCUT2D eigenvalue weighted by Crippen LogP contribution is -1.95. The molecule has 0 saturated carbocycles. The number of H-pyrrole nitrogens is 1. The van der Waals surface area contributed by atoms with E-state index in [1.807, 2.05) is 47.4 Å². The molecule has 0 aliphatic carbocycles.